The van der Waals surface area contributed by atoms with Gasteiger partial charge in [0.05, 0.1) is 16.7 Å². The van der Waals surface area contributed by atoms with E-state index in [1.54, 1.807) is 80.4 Å². The van der Waals surface area contributed by atoms with Crippen LogP contribution in [-0.2, 0) is 0 Å². The Morgan fingerprint density at radius 3 is 1.02 bits per heavy atom. The van der Waals surface area contributed by atoms with E-state index in [1.807, 2.05) is 304 Å². The molecule has 12 rings (SSSR count). The Labute approximate surface area is 596 Å². The van der Waals surface area contributed by atoms with Gasteiger partial charge in [0.25, 0.3) is 0 Å². The molecule has 16 heteroatoms. The summed E-state index contributed by atoms with van der Waals surface area (Å²) < 4.78 is 0. The molecule has 16 nitrogen and oxygen atoms in total. The van der Waals surface area contributed by atoms with Gasteiger partial charge in [0.1, 0.15) is 37.0 Å². The van der Waals surface area contributed by atoms with Gasteiger partial charge in [-0.25, -0.2) is 44.9 Å². The van der Waals surface area contributed by atoms with Crippen LogP contribution in [0.15, 0.2) is 233 Å². The van der Waals surface area contributed by atoms with Crippen molar-refractivity contribution in [2.75, 3.05) is 0 Å². The summed E-state index contributed by atoms with van der Waals surface area (Å²) in [7, 11) is 0. The maximum atomic E-state index is 4.38. The average molecular weight is 1340 g/mol. The van der Waals surface area contributed by atoms with Crippen molar-refractivity contribution in [1.82, 2.24) is 79.7 Å². The number of fused-ring (bicyclic) bond motifs is 2. The summed E-state index contributed by atoms with van der Waals surface area (Å²) in [6.45, 7) is 59.6. The standard InChI is InChI=1S/2C10H9N.3C6H7N.4C5H6N2.C4H5N3.10C2H6/c1-8-6-9-4-2-3-5-10(9)11-7-8;1-8-6-7-9-4-2-3-5-10(9)11-8;1-6-2-4-7-5-3-6;1-6-3-2-4-7-5-6;1-6-4-2-3-5-7-6;1-5-2-6-4-7-3-5;1-5-4-6-2-3-7-5;1-5-2-3-6-4-7-5;1-5-6-3-2-4-7-5;1-4-6-2-5-3-7-4;10*1-2/h2*2-7H,1H3;3*2-5H,1H3;4*2-4H,1H3;2-3H,1H3;10*1-2H3. The average Bonchev–Trinajstić information content (AvgIpc) is 0.973. The Hall–Kier alpha value is -9.96. The van der Waals surface area contributed by atoms with Crippen molar-refractivity contribution in [2.45, 2.75) is 208 Å². The lowest BCUT2D eigenvalue weighted by Crippen LogP contribution is -1.84. The number of nitrogens with zero attached hydrogens (tertiary/aromatic N) is 16. The van der Waals surface area contributed by atoms with Crippen LogP contribution in [0.4, 0.5) is 0 Å². The van der Waals surface area contributed by atoms with Crippen LogP contribution >= 0.6 is 0 Å². The molecule has 0 aliphatic rings. The molecule has 0 atom stereocenters. The second kappa shape index (κ2) is 87.0. The zero-order chi connectivity index (χ0) is 76.3. The Kier molecular flexibility index (Phi) is 92.5. The molecule has 0 bridgehead atoms. The fourth-order valence-corrected chi connectivity index (χ4v) is 5.45. The Morgan fingerprint density at radius 2 is 0.673 bits per heavy atom. The Balaban J connectivity index is -0.000000149. The van der Waals surface area contributed by atoms with Gasteiger partial charge in [-0.1, -0.05) is 193 Å². The van der Waals surface area contributed by atoms with Crippen molar-refractivity contribution in [3.05, 3.63) is 290 Å². The van der Waals surface area contributed by atoms with E-state index in [4.69, 9.17) is 0 Å². The minimum atomic E-state index is 0.759. The van der Waals surface area contributed by atoms with Crippen LogP contribution in [0.25, 0.3) is 21.8 Å². The normalized spacial score (nSPS) is 7.90. The van der Waals surface area contributed by atoms with Gasteiger partial charge in [0.2, 0.25) is 0 Å². The van der Waals surface area contributed by atoms with Crippen molar-refractivity contribution in [1.29, 1.82) is 0 Å². The summed E-state index contributed by atoms with van der Waals surface area (Å²) in [6.07, 6.45) is 30.6. The largest absolute Gasteiger partial charge is 0.265 e. The van der Waals surface area contributed by atoms with Gasteiger partial charge in [0, 0.05) is 115 Å². The van der Waals surface area contributed by atoms with Crippen molar-refractivity contribution in [2.24, 2.45) is 0 Å². The van der Waals surface area contributed by atoms with Gasteiger partial charge >= 0.3 is 0 Å². The van der Waals surface area contributed by atoms with Crippen LogP contribution in [-0.4, -0.2) is 79.7 Å². The highest BCUT2D eigenvalue weighted by Crippen LogP contribution is 2.12. The molecule has 0 fully saturated rings. The molecule has 0 unspecified atom stereocenters. The lowest BCUT2D eigenvalue weighted by molar-refractivity contribution is 0.974. The van der Waals surface area contributed by atoms with Crippen LogP contribution in [0, 0.1) is 69.2 Å². The highest BCUT2D eigenvalue weighted by molar-refractivity contribution is 5.79. The zero-order valence-corrected chi connectivity index (χ0v) is 66.1. The van der Waals surface area contributed by atoms with Crippen molar-refractivity contribution < 1.29 is 0 Å². The predicted octanol–water partition coefficient (Wildman–Crippen LogP) is 22.8. The molecule has 0 aliphatic carbocycles. The highest BCUT2D eigenvalue weighted by atomic mass is 15.0. The van der Waals surface area contributed by atoms with Crippen molar-refractivity contribution >= 4 is 21.8 Å². The Morgan fingerprint density at radius 1 is 0.204 bits per heavy atom. The topological polar surface area (TPSA) is 206 Å². The number of aromatic nitrogens is 16. The van der Waals surface area contributed by atoms with E-state index < -0.39 is 0 Å². The summed E-state index contributed by atoms with van der Waals surface area (Å²) in [5, 5.41) is 2.42. The van der Waals surface area contributed by atoms with Crippen molar-refractivity contribution in [3.63, 3.8) is 0 Å². The van der Waals surface area contributed by atoms with E-state index >= 15 is 0 Å². The number of hydrogen-bond donors (Lipinski definition) is 0. The monoisotopic (exact) mass is 1340 g/mol. The molecule has 10 aromatic heterocycles. The Bertz CT molecular complexity index is 2800. The molecule has 536 valence electrons. The maximum absolute atomic E-state index is 4.38. The number of rotatable bonds is 0. The molecule has 0 radical (unpaired) electrons. The summed E-state index contributed by atoms with van der Waals surface area (Å²) in [5.41, 5.74) is 11.0. The van der Waals surface area contributed by atoms with Crippen LogP contribution in [0.2, 0.25) is 0 Å². The van der Waals surface area contributed by atoms with Gasteiger partial charge in [-0.2, -0.15) is 0 Å². The van der Waals surface area contributed by atoms with Gasteiger partial charge in [-0.15, -0.1) is 0 Å². The predicted molar refractivity (Wildman–Crippen MR) is 425 cm³/mol. The summed E-state index contributed by atoms with van der Waals surface area (Å²) in [5.74, 6) is 1.58. The summed E-state index contributed by atoms with van der Waals surface area (Å²) in [4.78, 5) is 62.1. The molecule has 0 saturated carbocycles. The fraction of sp³-hybridized carbons (Fsp3) is 0.366. The van der Waals surface area contributed by atoms with Crippen LogP contribution in [0.5, 0.6) is 0 Å². The van der Waals surface area contributed by atoms with Gasteiger partial charge in [0.15, 0.2) is 0 Å². The van der Waals surface area contributed by atoms with E-state index in [2.05, 4.69) is 111 Å². The quantitative estimate of drug-likeness (QED) is 0.138. The fourth-order valence-electron chi connectivity index (χ4n) is 5.45. The SMILES string of the molecule is CC.CC.CC.CC.CC.CC.CC.CC.CC.CC.Cc1ccc2ccccc2n1.Cc1ccccn1.Cc1cccnc1.Cc1ccncc1.Cc1ccncn1.Cc1cnc2ccccc2c1.Cc1cnccn1.Cc1cncnc1.Cc1ncccn1.Cc1ncncn1. The van der Waals surface area contributed by atoms with Gasteiger partial charge in [-0.3, -0.25) is 34.9 Å². The third kappa shape index (κ3) is 70.4. The minimum absolute atomic E-state index is 0.759. The lowest BCUT2D eigenvalue weighted by Gasteiger charge is -1.95. The van der Waals surface area contributed by atoms with Crippen LogP contribution in [0.1, 0.15) is 195 Å². The van der Waals surface area contributed by atoms with E-state index in [0.717, 1.165) is 51.0 Å². The number of para-hydroxylation sites is 2. The second-order valence-corrected chi connectivity index (χ2v) is 16.5. The molecule has 0 aliphatic heterocycles. The molecular formula is C82H128N16. The number of aryl methyl sites for hydroxylation is 10. The molecule has 10 heterocycles. The first-order valence-electron chi connectivity index (χ1n) is 34.6. The number of pyridine rings is 5. The molecule has 12 aromatic rings. The highest BCUT2D eigenvalue weighted by Gasteiger charge is 1.92. The van der Waals surface area contributed by atoms with Gasteiger partial charge < -0.3 is 0 Å². The lowest BCUT2D eigenvalue weighted by atomic mass is 10.2. The van der Waals surface area contributed by atoms with Crippen molar-refractivity contribution in [3.8, 4) is 0 Å². The second-order valence-electron chi connectivity index (χ2n) is 16.5. The zero-order valence-electron chi connectivity index (χ0n) is 66.1. The van der Waals surface area contributed by atoms with E-state index in [1.165, 1.54) is 52.8 Å². The first-order valence-corrected chi connectivity index (χ1v) is 34.6. The molecule has 0 N–H and O–H groups in total. The van der Waals surface area contributed by atoms with E-state index in [-0.39, 0.29) is 0 Å². The summed E-state index contributed by atoms with van der Waals surface area (Å²) >= 11 is 0. The first-order chi connectivity index (χ1) is 47.9. The summed E-state index contributed by atoms with van der Waals surface area (Å²) in [6, 6.07) is 39.9. The third-order valence-corrected chi connectivity index (χ3v) is 9.36. The minimum Gasteiger partial charge on any atom is -0.265 e. The molecule has 98 heavy (non-hydrogen) atoms. The van der Waals surface area contributed by atoms with Gasteiger partial charge in [-0.05, 0) is 158 Å². The van der Waals surface area contributed by atoms with E-state index in [0.29, 0.717) is 0 Å². The van der Waals surface area contributed by atoms with Crippen LogP contribution in [0.3, 0.4) is 0 Å². The maximum Gasteiger partial charge on any atom is 0.128 e. The molecule has 2 aromatic carbocycles. The van der Waals surface area contributed by atoms with E-state index in [9.17, 15) is 0 Å². The number of benzene rings is 2. The molecule has 0 spiro atoms. The number of hydrogen-bond acceptors (Lipinski definition) is 16. The smallest absolute Gasteiger partial charge is 0.128 e. The van der Waals surface area contributed by atoms with Crippen LogP contribution < -0.4 is 0 Å². The third-order valence-electron chi connectivity index (χ3n) is 9.36. The first kappa shape index (κ1) is 104. The molecule has 0 saturated heterocycles. The molecular weight excluding hydrogens is 1210 g/mol. The molecule has 0 amide bonds.